The number of carbonyl (C=O) groups is 2. The van der Waals surface area contributed by atoms with Gasteiger partial charge in [0.25, 0.3) is 0 Å². The molecular weight excluding hydrogens is 273 g/mol. The number of rotatable bonds is 3. The fourth-order valence-electron chi connectivity index (χ4n) is 1.89. The average molecular weight is 282 g/mol. The third kappa shape index (κ3) is 2.64. The first-order chi connectivity index (χ1) is 9.30. The standard InChI is InChI=1S/C14H9F3O3/c15-14(16,17)12(20)7-11(19)13-9-4-2-1-3-8(9)5-6-10(13)18/h1-6,18H,7H2. The van der Waals surface area contributed by atoms with Crippen LogP contribution in [-0.4, -0.2) is 22.8 Å². The van der Waals surface area contributed by atoms with Crippen LogP contribution in [0.1, 0.15) is 16.8 Å². The SMILES string of the molecule is O=C(CC(=O)C(F)(F)F)c1c(O)ccc2ccccc12. The van der Waals surface area contributed by atoms with Crippen LogP contribution in [0.15, 0.2) is 36.4 Å². The molecule has 0 aliphatic heterocycles. The van der Waals surface area contributed by atoms with E-state index in [0.717, 1.165) is 0 Å². The Morgan fingerprint density at radius 2 is 1.70 bits per heavy atom. The van der Waals surface area contributed by atoms with Gasteiger partial charge in [-0.3, -0.25) is 9.59 Å². The van der Waals surface area contributed by atoms with Gasteiger partial charge in [0, 0.05) is 0 Å². The zero-order valence-electron chi connectivity index (χ0n) is 10.1. The number of phenolic OH excluding ortho intramolecular Hbond substituents is 1. The van der Waals surface area contributed by atoms with Crippen LogP contribution < -0.4 is 0 Å². The van der Waals surface area contributed by atoms with Gasteiger partial charge in [0.15, 0.2) is 5.78 Å². The highest BCUT2D eigenvalue weighted by Gasteiger charge is 2.39. The molecule has 0 aromatic heterocycles. The van der Waals surface area contributed by atoms with Crippen LogP contribution in [-0.2, 0) is 4.79 Å². The minimum atomic E-state index is -5.06. The minimum Gasteiger partial charge on any atom is -0.507 e. The number of hydrogen-bond donors (Lipinski definition) is 1. The summed E-state index contributed by atoms with van der Waals surface area (Å²) < 4.78 is 36.5. The monoisotopic (exact) mass is 282 g/mol. The van der Waals surface area contributed by atoms with Gasteiger partial charge >= 0.3 is 6.18 Å². The van der Waals surface area contributed by atoms with Crippen LogP contribution in [0.25, 0.3) is 10.8 Å². The van der Waals surface area contributed by atoms with Gasteiger partial charge in [-0.2, -0.15) is 13.2 Å². The summed E-state index contributed by atoms with van der Waals surface area (Å²) in [4.78, 5) is 22.7. The summed E-state index contributed by atoms with van der Waals surface area (Å²) in [5, 5.41) is 10.6. The molecule has 0 fully saturated rings. The molecule has 0 atom stereocenters. The molecular formula is C14H9F3O3. The summed E-state index contributed by atoms with van der Waals surface area (Å²) in [6.07, 6.45) is -6.37. The molecule has 104 valence electrons. The highest BCUT2D eigenvalue weighted by Crippen LogP contribution is 2.29. The molecule has 0 radical (unpaired) electrons. The number of carbonyl (C=O) groups excluding carboxylic acids is 2. The van der Waals surface area contributed by atoms with Crippen LogP contribution >= 0.6 is 0 Å². The third-order valence-corrected chi connectivity index (χ3v) is 2.82. The molecule has 0 bridgehead atoms. The number of phenols is 1. The van der Waals surface area contributed by atoms with Crippen LogP contribution in [0.2, 0.25) is 0 Å². The normalized spacial score (nSPS) is 11.6. The number of hydrogen-bond acceptors (Lipinski definition) is 3. The fourth-order valence-corrected chi connectivity index (χ4v) is 1.89. The lowest BCUT2D eigenvalue weighted by Crippen LogP contribution is -2.25. The number of benzene rings is 2. The van der Waals surface area contributed by atoms with Gasteiger partial charge in [-0.25, -0.2) is 0 Å². The highest BCUT2D eigenvalue weighted by atomic mass is 19.4. The van der Waals surface area contributed by atoms with E-state index in [1.807, 2.05) is 0 Å². The van der Waals surface area contributed by atoms with Gasteiger partial charge in [0.05, 0.1) is 12.0 Å². The number of Topliss-reactive ketones (excluding diaryl/α,β-unsaturated/α-hetero) is 2. The number of fused-ring (bicyclic) bond motifs is 1. The average Bonchev–Trinajstić information content (AvgIpc) is 2.37. The highest BCUT2D eigenvalue weighted by molar-refractivity contribution is 6.16. The summed E-state index contributed by atoms with van der Waals surface area (Å²) in [7, 11) is 0. The van der Waals surface area contributed by atoms with E-state index in [0.29, 0.717) is 10.8 Å². The Hall–Kier alpha value is -2.37. The fraction of sp³-hybridized carbons (Fsp3) is 0.143. The Bertz CT molecular complexity index is 690. The summed E-state index contributed by atoms with van der Waals surface area (Å²) in [5.74, 6) is -3.62. The summed E-state index contributed by atoms with van der Waals surface area (Å²) in [6.45, 7) is 0. The van der Waals surface area contributed by atoms with Crippen LogP contribution in [0.3, 0.4) is 0 Å². The van der Waals surface area contributed by atoms with E-state index in [-0.39, 0.29) is 5.56 Å². The second-order valence-corrected chi connectivity index (χ2v) is 4.20. The number of halogens is 3. The van der Waals surface area contributed by atoms with Crippen molar-refractivity contribution in [2.75, 3.05) is 0 Å². The van der Waals surface area contributed by atoms with E-state index in [1.165, 1.54) is 18.2 Å². The van der Waals surface area contributed by atoms with E-state index < -0.39 is 29.9 Å². The summed E-state index contributed by atoms with van der Waals surface area (Å²) in [5.41, 5.74) is -0.263. The van der Waals surface area contributed by atoms with Crippen molar-refractivity contribution < 1.29 is 27.9 Å². The van der Waals surface area contributed by atoms with Crippen molar-refractivity contribution in [2.45, 2.75) is 12.6 Å². The lowest BCUT2D eigenvalue weighted by molar-refractivity contribution is -0.170. The van der Waals surface area contributed by atoms with E-state index in [9.17, 15) is 27.9 Å². The quantitative estimate of drug-likeness (QED) is 0.694. The minimum absolute atomic E-state index is 0.263. The van der Waals surface area contributed by atoms with Gasteiger partial charge in [0.2, 0.25) is 5.78 Å². The van der Waals surface area contributed by atoms with Gasteiger partial charge in [-0.15, -0.1) is 0 Å². The molecule has 0 saturated carbocycles. The van der Waals surface area contributed by atoms with Crippen molar-refractivity contribution in [3.05, 3.63) is 42.0 Å². The largest absolute Gasteiger partial charge is 0.507 e. The van der Waals surface area contributed by atoms with Crippen LogP contribution in [0, 0.1) is 0 Å². The van der Waals surface area contributed by atoms with E-state index >= 15 is 0 Å². The smallest absolute Gasteiger partial charge is 0.450 e. The maximum Gasteiger partial charge on any atom is 0.450 e. The molecule has 20 heavy (non-hydrogen) atoms. The number of ketones is 2. The zero-order valence-corrected chi connectivity index (χ0v) is 10.1. The summed E-state index contributed by atoms with van der Waals surface area (Å²) >= 11 is 0. The van der Waals surface area contributed by atoms with Crippen molar-refractivity contribution in [3.63, 3.8) is 0 Å². The van der Waals surface area contributed by atoms with Gasteiger partial charge in [-0.05, 0) is 16.8 Å². The van der Waals surface area contributed by atoms with Crippen molar-refractivity contribution in [1.82, 2.24) is 0 Å². The van der Waals surface area contributed by atoms with E-state index in [1.54, 1.807) is 18.2 Å². The van der Waals surface area contributed by atoms with Crippen molar-refractivity contribution >= 4 is 22.3 Å². The molecule has 2 aromatic rings. The topological polar surface area (TPSA) is 54.4 Å². The molecule has 3 nitrogen and oxygen atoms in total. The van der Waals surface area contributed by atoms with E-state index in [2.05, 4.69) is 0 Å². The van der Waals surface area contributed by atoms with Crippen LogP contribution in [0.4, 0.5) is 13.2 Å². The molecule has 0 spiro atoms. The first kappa shape index (κ1) is 14.0. The van der Waals surface area contributed by atoms with Crippen molar-refractivity contribution in [2.24, 2.45) is 0 Å². The molecule has 0 amide bonds. The number of alkyl halides is 3. The van der Waals surface area contributed by atoms with Crippen LogP contribution in [0.5, 0.6) is 5.75 Å². The molecule has 0 aliphatic carbocycles. The molecule has 6 heteroatoms. The maximum atomic E-state index is 12.2. The predicted molar refractivity (Wildman–Crippen MR) is 65.6 cm³/mol. The van der Waals surface area contributed by atoms with Gasteiger partial charge < -0.3 is 5.11 Å². The molecule has 1 N–H and O–H groups in total. The Morgan fingerprint density at radius 3 is 2.35 bits per heavy atom. The van der Waals surface area contributed by atoms with Crippen molar-refractivity contribution in [3.8, 4) is 5.75 Å². The Balaban J connectivity index is 2.45. The Morgan fingerprint density at radius 1 is 1.05 bits per heavy atom. The molecule has 2 aromatic carbocycles. The molecule has 2 rings (SSSR count). The zero-order chi connectivity index (χ0) is 14.9. The van der Waals surface area contributed by atoms with Gasteiger partial charge in [-0.1, -0.05) is 30.3 Å². The first-order valence-electron chi connectivity index (χ1n) is 5.64. The second kappa shape index (κ2) is 4.96. The van der Waals surface area contributed by atoms with E-state index in [4.69, 9.17) is 0 Å². The predicted octanol–water partition coefficient (Wildman–Crippen LogP) is 3.25. The third-order valence-electron chi connectivity index (χ3n) is 2.82. The molecule has 0 saturated heterocycles. The maximum absolute atomic E-state index is 12.2. The lowest BCUT2D eigenvalue weighted by Gasteiger charge is -2.09. The number of aromatic hydroxyl groups is 1. The van der Waals surface area contributed by atoms with Gasteiger partial charge in [0.1, 0.15) is 5.75 Å². The Labute approximate surface area is 111 Å². The lowest BCUT2D eigenvalue weighted by atomic mass is 9.97. The molecule has 0 unspecified atom stereocenters. The molecule has 0 heterocycles. The summed E-state index contributed by atoms with van der Waals surface area (Å²) in [6, 6.07) is 9.18. The van der Waals surface area contributed by atoms with Crippen molar-refractivity contribution in [1.29, 1.82) is 0 Å². The first-order valence-corrected chi connectivity index (χ1v) is 5.64. The Kier molecular flexibility index (Phi) is 3.48. The molecule has 0 aliphatic rings. The second-order valence-electron chi connectivity index (χ2n) is 4.20.